The Balaban J connectivity index is 1.27. The first kappa shape index (κ1) is 28.5. The molecule has 4 heterocycles. The fourth-order valence-corrected chi connectivity index (χ4v) is 5.75. The SMILES string of the molecule is COc1cnc2c(-c3nc4cc(F)c(O[C@@H]5CC(F)(F)CC[C@@H]5OC(=O)Nc5ccc(C)nc5)nc4s3)cc(C)cc2n1. The summed E-state index contributed by atoms with van der Waals surface area (Å²) in [6.45, 7) is 3.69. The van der Waals surface area contributed by atoms with Crippen LogP contribution in [-0.2, 0) is 4.74 Å². The number of aromatic nitrogens is 5. The average molecular weight is 611 g/mol. The second kappa shape index (κ2) is 11.2. The Kier molecular flexibility index (Phi) is 7.46. The number of pyridine rings is 2. The Hall–Kier alpha value is -4.59. The number of nitrogens with zero attached hydrogens (tertiary/aromatic N) is 5. The van der Waals surface area contributed by atoms with Crippen LogP contribution in [0.3, 0.4) is 0 Å². The van der Waals surface area contributed by atoms with Crippen LogP contribution in [-0.4, -0.2) is 56.3 Å². The van der Waals surface area contributed by atoms with Crippen LogP contribution in [0.1, 0.15) is 30.5 Å². The third-order valence-corrected chi connectivity index (χ3v) is 7.90. The van der Waals surface area contributed by atoms with Crippen LogP contribution in [0.15, 0.2) is 42.7 Å². The van der Waals surface area contributed by atoms with Gasteiger partial charge in [0.05, 0.1) is 42.6 Å². The Morgan fingerprint density at radius 2 is 1.88 bits per heavy atom. The molecule has 1 N–H and O–H groups in total. The molecule has 1 aromatic carbocycles. The lowest BCUT2D eigenvalue weighted by Crippen LogP contribution is -2.46. The summed E-state index contributed by atoms with van der Waals surface area (Å²) in [6.07, 6.45) is -1.81. The zero-order valence-electron chi connectivity index (χ0n) is 23.2. The van der Waals surface area contributed by atoms with Crippen LogP contribution in [0.5, 0.6) is 11.8 Å². The molecular formula is C29H25F3N6O4S. The average Bonchev–Trinajstić information content (AvgIpc) is 3.37. The van der Waals surface area contributed by atoms with Gasteiger partial charge in [-0.15, -0.1) is 0 Å². The summed E-state index contributed by atoms with van der Waals surface area (Å²) < 4.78 is 60.4. The first-order valence-corrected chi connectivity index (χ1v) is 14.1. The highest BCUT2D eigenvalue weighted by Gasteiger charge is 2.45. The molecule has 43 heavy (non-hydrogen) atoms. The van der Waals surface area contributed by atoms with E-state index in [2.05, 4.69) is 30.2 Å². The minimum Gasteiger partial charge on any atom is -0.480 e. The molecule has 2 atom stereocenters. The smallest absolute Gasteiger partial charge is 0.412 e. The van der Waals surface area contributed by atoms with Gasteiger partial charge in [0.15, 0.2) is 5.82 Å². The van der Waals surface area contributed by atoms with Crippen molar-refractivity contribution in [3.63, 3.8) is 0 Å². The molecule has 5 aromatic rings. The molecule has 0 aliphatic heterocycles. The first-order valence-electron chi connectivity index (χ1n) is 13.3. The number of anilines is 1. The number of rotatable bonds is 6. The van der Waals surface area contributed by atoms with Gasteiger partial charge >= 0.3 is 6.09 Å². The Bertz CT molecular complexity index is 1840. The summed E-state index contributed by atoms with van der Waals surface area (Å²) in [4.78, 5) is 34.7. The van der Waals surface area contributed by atoms with Crippen molar-refractivity contribution in [1.29, 1.82) is 0 Å². The van der Waals surface area contributed by atoms with E-state index in [0.717, 1.165) is 28.7 Å². The zero-order chi connectivity index (χ0) is 30.3. The van der Waals surface area contributed by atoms with Gasteiger partial charge in [0.25, 0.3) is 11.8 Å². The van der Waals surface area contributed by atoms with Crippen molar-refractivity contribution in [2.45, 2.75) is 51.2 Å². The zero-order valence-corrected chi connectivity index (χ0v) is 24.0. The number of hydrogen-bond acceptors (Lipinski definition) is 10. The number of fused-ring (bicyclic) bond motifs is 2. The maximum absolute atomic E-state index is 15.2. The first-order chi connectivity index (χ1) is 20.6. The second-order valence-electron chi connectivity index (χ2n) is 10.2. The van der Waals surface area contributed by atoms with Gasteiger partial charge in [0.2, 0.25) is 5.88 Å². The number of carbonyl (C=O) groups excluding carboxylic acids is 1. The van der Waals surface area contributed by atoms with Gasteiger partial charge in [0.1, 0.15) is 27.6 Å². The standard InChI is InChI=1S/C29H25F3N6O4S/c1-14-8-17(24-19(9-14)36-23(40-3)13-34-24)26-37-20-10-18(30)25(38-27(20)43-26)41-22-11-29(31,32)7-6-21(22)42-28(39)35-16-5-4-15(2)33-12-16/h4-5,8-10,12-13,21-22H,6-7,11H2,1-3H3,(H,35,39)/t21-,22+/m0/s1. The summed E-state index contributed by atoms with van der Waals surface area (Å²) in [6, 6.07) is 8.22. The molecule has 1 fully saturated rings. The molecule has 6 rings (SSSR count). The lowest BCUT2D eigenvalue weighted by molar-refractivity contribution is -0.115. The number of methoxy groups -OCH3 is 1. The van der Waals surface area contributed by atoms with Crippen molar-refractivity contribution < 1.29 is 32.2 Å². The molecule has 0 radical (unpaired) electrons. The van der Waals surface area contributed by atoms with Gasteiger partial charge in [-0.3, -0.25) is 10.3 Å². The van der Waals surface area contributed by atoms with E-state index in [1.165, 1.54) is 19.5 Å². The van der Waals surface area contributed by atoms with E-state index in [4.69, 9.17) is 14.2 Å². The van der Waals surface area contributed by atoms with E-state index in [0.29, 0.717) is 38.0 Å². The van der Waals surface area contributed by atoms with Crippen LogP contribution in [0.2, 0.25) is 0 Å². The normalized spacial score (nSPS) is 18.0. The van der Waals surface area contributed by atoms with Crippen LogP contribution in [0.25, 0.3) is 32.0 Å². The van der Waals surface area contributed by atoms with Crippen molar-refractivity contribution in [1.82, 2.24) is 24.9 Å². The molecule has 222 valence electrons. The van der Waals surface area contributed by atoms with Crippen LogP contribution in [0.4, 0.5) is 23.7 Å². The lowest BCUT2D eigenvalue weighted by atomic mass is 9.91. The molecule has 10 nitrogen and oxygen atoms in total. The second-order valence-corrected chi connectivity index (χ2v) is 11.2. The summed E-state index contributed by atoms with van der Waals surface area (Å²) in [5.41, 5.74) is 4.14. The number of benzene rings is 1. The highest BCUT2D eigenvalue weighted by molar-refractivity contribution is 7.21. The Morgan fingerprint density at radius 1 is 1.05 bits per heavy atom. The van der Waals surface area contributed by atoms with Gasteiger partial charge in [-0.2, -0.15) is 4.98 Å². The maximum atomic E-state index is 15.2. The highest BCUT2D eigenvalue weighted by atomic mass is 32.1. The topological polar surface area (TPSA) is 121 Å². The number of nitrogens with one attached hydrogen (secondary N) is 1. The van der Waals surface area contributed by atoms with E-state index >= 15 is 4.39 Å². The van der Waals surface area contributed by atoms with Gasteiger partial charge < -0.3 is 14.2 Å². The van der Waals surface area contributed by atoms with Crippen molar-refractivity contribution in [3.05, 3.63) is 59.8 Å². The fraction of sp³-hybridized carbons (Fsp3) is 0.310. The fourth-order valence-electron chi connectivity index (χ4n) is 4.82. The Labute approximate surface area is 247 Å². The predicted molar refractivity (Wildman–Crippen MR) is 153 cm³/mol. The van der Waals surface area contributed by atoms with E-state index in [1.807, 2.05) is 19.1 Å². The number of aryl methyl sites for hydroxylation is 2. The number of carbonyl (C=O) groups is 1. The molecule has 0 saturated heterocycles. The Morgan fingerprint density at radius 3 is 2.65 bits per heavy atom. The number of hydrogen-bond donors (Lipinski definition) is 1. The van der Waals surface area contributed by atoms with E-state index in [9.17, 15) is 13.6 Å². The molecule has 1 aliphatic carbocycles. The molecule has 14 heteroatoms. The molecule has 1 aliphatic rings. The van der Waals surface area contributed by atoms with Gasteiger partial charge in [-0.25, -0.2) is 32.9 Å². The van der Waals surface area contributed by atoms with E-state index in [-0.39, 0.29) is 11.9 Å². The minimum atomic E-state index is -3.09. The number of alkyl halides is 2. The highest BCUT2D eigenvalue weighted by Crippen LogP contribution is 2.39. The van der Waals surface area contributed by atoms with Crippen LogP contribution in [0, 0.1) is 19.7 Å². The van der Waals surface area contributed by atoms with Crippen LogP contribution < -0.4 is 14.8 Å². The van der Waals surface area contributed by atoms with Crippen molar-refractivity contribution in [2.75, 3.05) is 12.4 Å². The van der Waals surface area contributed by atoms with Crippen LogP contribution >= 0.6 is 11.3 Å². The largest absolute Gasteiger partial charge is 0.480 e. The lowest BCUT2D eigenvalue weighted by Gasteiger charge is -2.35. The third kappa shape index (κ3) is 6.14. The van der Waals surface area contributed by atoms with Gasteiger partial charge in [-0.1, -0.05) is 11.3 Å². The molecular weight excluding hydrogens is 585 g/mol. The summed E-state index contributed by atoms with van der Waals surface area (Å²) in [7, 11) is 1.50. The third-order valence-electron chi connectivity index (χ3n) is 6.90. The van der Waals surface area contributed by atoms with Gasteiger partial charge in [-0.05, 0) is 50.1 Å². The van der Waals surface area contributed by atoms with Crippen molar-refractivity contribution >= 4 is 44.5 Å². The number of thiazole rings is 1. The quantitative estimate of drug-likeness (QED) is 0.225. The van der Waals surface area contributed by atoms with E-state index in [1.54, 1.807) is 19.1 Å². The number of halogens is 3. The minimum absolute atomic E-state index is 0.182. The maximum Gasteiger partial charge on any atom is 0.412 e. The molecule has 0 spiro atoms. The molecule has 4 aromatic heterocycles. The monoisotopic (exact) mass is 610 g/mol. The number of ether oxygens (including phenoxy) is 3. The molecule has 1 amide bonds. The molecule has 0 unspecified atom stereocenters. The predicted octanol–water partition coefficient (Wildman–Crippen LogP) is 6.64. The van der Waals surface area contributed by atoms with Crippen molar-refractivity contribution in [2.24, 2.45) is 0 Å². The van der Waals surface area contributed by atoms with Crippen molar-refractivity contribution in [3.8, 4) is 22.3 Å². The summed E-state index contributed by atoms with van der Waals surface area (Å²) in [5.74, 6) is -4.10. The molecule has 0 bridgehead atoms. The van der Waals surface area contributed by atoms with Gasteiger partial charge in [0, 0.05) is 23.7 Å². The van der Waals surface area contributed by atoms with E-state index < -0.39 is 48.8 Å². The summed E-state index contributed by atoms with van der Waals surface area (Å²) in [5, 5.41) is 3.03. The molecule has 1 saturated carbocycles. The summed E-state index contributed by atoms with van der Waals surface area (Å²) >= 11 is 1.16. The number of amides is 1.